The predicted octanol–water partition coefficient (Wildman–Crippen LogP) is 14.7. The van der Waals surface area contributed by atoms with E-state index in [1.54, 1.807) is 13.0 Å². The van der Waals surface area contributed by atoms with Crippen LogP contribution < -0.4 is 0 Å². The van der Waals surface area contributed by atoms with Crippen LogP contribution in [0.2, 0.25) is 0 Å². The molecule has 0 fully saturated rings. The highest BCUT2D eigenvalue weighted by Gasteiger charge is 2.32. The Morgan fingerprint density at radius 1 is 0.441 bits per heavy atom. The van der Waals surface area contributed by atoms with Crippen LogP contribution in [0.5, 0.6) is 0 Å². The van der Waals surface area contributed by atoms with Crippen LogP contribution in [-0.4, -0.2) is 9.13 Å². The number of halogens is 3. The van der Waals surface area contributed by atoms with Crippen molar-refractivity contribution in [3.8, 4) is 50.8 Å². The van der Waals surface area contributed by atoms with Crippen molar-refractivity contribution < 1.29 is 13.2 Å². The first-order chi connectivity index (χ1) is 28.6. The van der Waals surface area contributed by atoms with Crippen molar-refractivity contribution in [3.05, 3.63) is 192 Å². The standard InChI is InChI=1S/C53H36F3N3/c1-32-12-4-6-14-39(32)36-20-24-48-44(29-36)42-16-8-10-18-46(42)58(48)50-27-35(31-57)28-51(52(50)41-23-22-38(26-34(41)3)53(54,55)56)59-47-19-11-9-17-43(47)45-30-37(21-25-49(45)59)40-15-7-5-13-33(40)2/h4-30H,1-3H3. The largest absolute Gasteiger partial charge is 0.416 e. The average molecular weight is 772 g/mol. The van der Waals surface area contributed by atoms with Gasteiger partial charge in [0.2, 0.25) is 0 Å². The Bertz CT molecular complexity index is 3190. The highest BCUT2D eigenvalue weighted by Crippen LogP contribution is 2.45. The molecule has 8 aromatic carbocycles. The zero-order valence-corrected chi connectivity index (χ0v) is 32.6. The fraction of sp³-hybridized carbons (Fsp3) is 0.0755. The van der Waals surface area contributed by atoms with Crippen LogP contribution in [0.1, 0.15) is 27.8 Å². The second-order valence-corrected chi connectivity index (χ2v) is 15.3. The molecule has 0 spiro atoms. The van der Waals surface area contributed by atoms with Gasteiger partial charge in [0, 0.05) is 27.1 Å². The first-order valence-electron chi connectivity index (χ1n) is 19.6. The molecule has 10 rings (SSSR count). The molecule has 2 aromatic heterocycles. The molecule has 0 unspecified atom stereocenters. The van der Waals surface area contributed by atoms with Crippen LogP contribution in [0.25, 0.3) is 88.4 Å². The van der Waals surface area contributed by atoms with Gasteiger partial charge in [0.25, 0.3) is 0 Å². The molecule has 59 heavy (non-hydrogen) atoms. The van der Waals surface area contributed by atoms with E-state index in [0.717, 1.165) is 71.9 Å². The molecule has 284 valence electrons. The monoisotopic (exact) mass is 771 g/mol. The zero-order valence-electron chi connectivity index (χ0n) is 32.6. The molecule has 0 amide bonds. The van der Waals surface area contributed by atoms with Gasteiger partial charge in [-0.05, 0) is 126 Å². The molecule has 0 atom stereocenters. The smallest absolute Gasteiger partial charge is 0.308 e. The molecule has 0 N–H and O–H groups in total. The van der Waals surface area contributed by atoms with E-state index < -0.39 is 11.7 Å². The van der Waals surface area contributed by atoms with E-state index in [9.17, 15) is 18.4 Å². The van der Waals surface area contributed by atoms with Crippen molar-refractivity contribution in [2.75, 3.05) is 0 Å². The molecule has 0 aliphatic rings. The summed E-state index contributed by atoms with van der Waals surface area (Å²) in [4.78, 5) is 0. The van der Waals surface area contributed by atoms with Crippen LogP contribution in [0.15, 0.2) is 164 Å². The Morgan fingerprint density at radius 3 is 1.36 bits per heavy atom. The highest BCUT2D eigenvalue weighted by molar-refractivity contribution is 6.13. The number of aromatic nitrogens is 2. The lowest BCUT2D eigenvalue weighted by Gasteiger charge is -2.22. The summed E-state index contributed by atoms with van der Waals surface area (Å²) in [6, 6.07) is 56.1. The Kier molecular flexibility index (Phi) is 8.33. The number of alkyl halides is 3. The van der Waals surface area contributed by atoms with Gasteiger partial charge in [-0.2, -0.15) is 18.4 Å². The predicted molar refractivity (Wildman–Crippen MR) is 235 cm³/mol. The lowest BCUT2D eigenvalue weighted by molar-refractivity contribution is -0.137. The van der Waals surface area contributed by atoms with Crippen molar-refractivity contribution in [2.45, 2.75) is 26.9 Å². The average Bonchev–Trinajstić information content (AvgIpc) is 3.75. The van der Waals surface area contributed by atoms with Crippen LogP contribution in [-0.2, 0) is 6.18 Å². The van der Waals surface area contributed by atoms with Crippen molar-refractivity contribution in [1.29, 1.82) is 5.26 Å². The fourth-order valence-electron chi connectivity index (χ4n) is 9.02. The van der Waals surface area contributed by atoms with Crippen molar-refractivity contribution in [1.82, 2.24) is 9.13 Å². The highest BCUT2D eigenvalue weighted by atomic mass is 19.4. The quantitative estimate of drug-likeness (QED) is 0.172. The number of nitrogens with zero attached hydrogens (tertiary/aromatic N) is 3. The van der Waals surface area contributed by atoms with E-state index in [1.807, 2.05) is 60.7 Å². The normalized spacial score (nSPS) is 11.9. The first-order valence-corrected chi connectivity index (χ1v) is 19.6. The summed E-state index contributed by atoms with van der Waals surface area (Å²) >= 11 is 0. The van der Waals surface area contributed by atoms with E-state index in [1.165, 1.54) is 17.2 Å². The Hall–Kier alpha value is -7.36. The lowest BCUT2D eigenvalue weighted by atomic mass is 9.93. The second-order valence-electron chi connectivity index (χ2n) is 15.3. The van der Waals surface area contributed by atoms with Crippen molar-refractivity contribution in [3.63, 3.8) is 0 Å². The third-order valence-electron chi connectivity index (χ3n) is 11.8. The Balaban J connectivity index is 1.34. The summed E-state index contributed by atoms with van der Waals surface area (Å²) in [5, 5.41) is 14.9. The summed E-state index contributed by atoms with van der Waals surface area (Å²) in [7, 11) is 0. The molecule has 0 bridgehead atoms. The van der Waals surface area contributed by atoms with Crippen LogP contribution >= 0.6 is 0 Å². The molecular formula is C53H36F3N3. The van der Waals surface area contributed by atoms with Crippen LogP contribution in [0.4, 0.5) is 13.2 Å². The van der Waals surface area contributed by atoms with Crippen LogP contribution in [0.3, 0.4) is 0 Å². The molecule has 2 heterocycles. The topological polar surface area (TPSA) is 33.6 Å². The van der Waals surface area contributed by atoms with Gasteiger partial charge in [-0.1, -0.05) is 103 Å². The van der Waals surface area contributed by atoms with Gasteiger partial charge in [-0.3, -0.25) is 0 Å². The van der Waals surface area contributed by atoms with Gasteiger partial charge in [-0.15, -0.1) is 0 Å². The molecular weight excluding hydrogens is 736 g/mol. The van der Waals surface area contributed by atoms with E-state index in [-0.39, 0.29) is 0 Å². The molecule has 0 aliphatic heterocycles. The summed E-state index contributed by atoms with van der Waals surface area (Å²) < 4.78 is 47.0. The first kappa shape index (κ1) is 36.0. The van der Waals surface area contributed by atoms with Crippen molar-refractivity contribution in [2.24, 2.45) is 0 Å². The lowest BCUT2D eigenvalue weighted by Crippen LogP contribution is -2.08. The molecule has 0 aliphatic carbocycles. The number of fused-ring (bicyclic) bond motifs is 6. The van der Waals surface area contributed by atoms with E-state index >= 15 is 0 Å². The Morgan fingerprint density at radius 2 is 0.898 bits per heavy atom. The van der Waals surface area contributed by atoms with Gasteiger partial charge in [0.05, 0.1) is 50.6 Å². The van der Waals surface area contributed by atoms with E-state index in [4.69, 9.17) is 0 Å². The zero-order chi connectivity index (χ0) is 40.6. The second kappa shape index (κ2) is 13.6. The summed E-state index contributed by atoms with van der Waals surface area (Å²) in [5.41, 5.74) is 13.4. The number of rotatable bonds is 5. The molecule has 6 heteroatoms. The Labute approximate surface area is 339 Å². The molecule has 3 nitrogen and oxygen atoms in total. The summed E-state index contributed by atoms with van der Waals surface area (Å²) in [5.74, 6) is 0. The van der Waals surface area contributed by atoms with Gasteiger partial charge in [0.15, 0.2) is 0 Å². The minimum atomic E-state index is -4.51. The van der Waals surface area contributed by atoms with Crippen molar-refractivity contribution >= 4 is 43.6 Å². The van der Waals surface area contributed by atoms with Gasteiger partial charge in [0.1, 0.15) is 0 Å². The third-order valence-corrected chi connectivity index (χ3v) is 11.8. The number of nitriles is 1. The van der Waals surface area contributed by atoms with Gasteiger partial charge >= 0.3 is 6.18 Å². The molecule has 0 saturated heterocycles. The minimum absolute atomic E-state index is 0.424. The van der Waals surface area contributed by atoms with Crippen LogP contribution in [0, 0.1) is 32.1 Å². The summed E-state index contributed by atoms with van der Waals surface area (Å²) in [6.07, 6.45) is -4.51. The number of benzene rings is 8. The number of hydrogen-bond donors (Lipinski definition) is 0. The minimum Gasteiger partial charge on any atom is -0.308 e. The van der Waals surface area contributed by atoms with Gasteiger partial charge in [-0.25, -0.2) is 0 Å². The summed E-state index contributed by atoms with van der Waals surface area (Å²) in [6.45, 7) is 5.94. The van der Waals surface area contributed by atoms with E-state index in [0.29, 0.717) is 33.6 Å². The number of hydrogen-bond acceptors (Lipinski definition) is 1. The number of para-hydroxylation sites is 2. The maximum Gasteiger partial charge on any atom is 0.416 e. The maximum absolute atomic E-state index is 14.2. The molecule has 10 aromatic rings. The maximum atomic E-state index is 14.2. The SMILES string of the molecule is Cc1ccccc1-c1ccc2c(c1)c1ccccc1n2-c1cc(C#N)cc(-n2c3ccccc3c3cc(-c4ccccc4C)ccc32)c1-c1ccc(C(F)(F)F)cc1C. The molecule has 0 saturated carbocycles. The van der Waals surface area contributed by atoms with Gasteiger partial charge < -0.3 is 9.13 Å². The third kappa shape index (κ3) is 5.81. The fourth-order valence-corrected chi connectivity index (χ4v) is 9.02. The van der Waals surface area contributed by atoms with E-state index in [2.05, 4.69) is 114 Å². The molecule has 0 radical (unpaired) electrons. The number of aryl methyl sites for hydroxylation is 3.